The summed E-state index contributed by atoms with van der Waals surface area (Å²) in [6.45, 7) is 8.49. The van der Waals surface area contributed by atoms with E-state index in [0.29, 0.717) is 11.4 Å². The van der Waals surface area contributed by atoms with Crippen molar-refractivity contribution in [3.63, 3.8) is 0 Å². The van der Waals surface area contributed by atoms with Crippen molar-refractivity contribution in [2.75, 3.05) is 13.6 Å². The van der Waals surface area contributed by atoms with E-state index >= 15 is 0 Å². The number of rotatable bonds is 6. The Morgan fingerprint density at radius 3 is 2.41 bits per heavy atom. The maximum atomic E-state index is 12.7. The van der Waals surface area contributed by atoms with Gasteiger partial charge in [-0.1, -0.05) is 13.3 Å². The van der Waals surface area contributed by atoms with E-state index < -0.39 is 10.0 Å². The van der Waals surface area contributed by atoms with Crippen LogP contribution in [-0.2, 0) is 10.0 Å². The second-order valence-electron chi connectivity index (χ2n) is 5.37. The monoisotopic (exact) mass is 358 g/mol. The Morgan fingerprint density at radius 2 is 1.86 bits per heavy atom. The molecule has 0 saturated heterocycles. The third kappa shape index (κ3) is 3.42. The molecule has 2 aromatic rings. The van der Waals surface area contributed by atoms with Gasteiger partial charge in [-0.05, 0) is 33.3 Å². The average molecular weight is 359 g/mol. The van der Waals surface area contributed by atoms with Crippen molar-refractivity contribution in [3.8, 4) is 9.88 Å². The summed E-state index contributed by atoms with van der Waals surface area (Å²) in [5.41, 5.74) is 1.01. The second kappa shape index (κ2) is 6.78. The Labute approximate surface area is 140 Å². The summed E-state index contributed by atoms with van der Waals surface area (Å²) in [6, 6.07) is 1.77. The number of sulfonamides is 1. The van der Waals surface area contributed by atoms with Gasteiger partial charge in [-0.3, -0.25) is 0 Å². The first kappa shape index (κ1) is 17.6. The molecule has 2 aromatic heterocycles. The topological polar surface area (TPSA) is 50.3 Å². The van der Waals surface area contributed by atoms with Crippen molar-refractivity contribution in [2.24, 2.45) is 0 Å². The first-order chi connectivity index (χ1) is 10.3. The van der Waals surface area contributed by atoms with Gasteiger partial charge in [-0.25, -0.2) is 17.7 Å². The number of aromatic nitrogens is 1. The van der Waals surface area contributed by atoms with Gasteiger partial charge in [0.2, 0.25) is 10.0 Å². The number of unbranched alkanes of at least 4 members (excludes halogenated alkanes) is 1. The molecule has 0 saturated carbocycles. The Kier molecular flexibility index (Phi) is 5.42. The lowest BCUT2D eigenvalue weighted by Crippen LogP contribution is -2.28. The van der Waals surface area contributed by atoms with Crippen LogP contribution in [0.2, 0.25) is 0 Å². The van der Waals surface area contributed by atoms with E-state index in [-0.39, 0.29) is 0 Å². The summed E-state index contributed by atoms with van der Waals surface area (Å²) in [7, 11) is -1.76. The lowest BCUT2D eigenvalue weighted by atomic mass is 10.3. The summed E-state index contributed by atoms with van der Waals surface area (Å²) in [5.74, 6) is 0. The standard InChI is InChI=1S/C15H22N2O2S3/c1-6-7-8-17(5)22(18,19)14-9-13(20-12(14)4)15-16-10(2)11(3)21-15/h9H,6-8H2,1-5H3. The van der Waals surface area contributed by atoms with Gasteiger partial charge in [0.1, 0.15) is 5.01 Å². The smallest absolute Gasteiger partial charge is 0.240 e. The molecule has 0 spiro atoms. The number of hydrogen-bond acceptors (Lipinski definition) is 5. The fourth-order valence-electron chi connectivity index (χ4n) is 2.07. The van der Waals surface area contributed by atoms with Crippen molar-refractivity contribution >= 4 is 32.7 Å². The summed E-state index contributed by atoms with van der Waals surface area (Å²) in [6.07, 6.45) is 1.85. The fraction of sp³-hybridized carbons (Fsp3) is 0.533. The van der Waals surface area contributed by atoms with Crippen molar-refractivity contribution in [1.82, 2.24) is 9.29 Å². The zero-order valence-electron chi connectivity index (χ0n) is 13.6. The Bertz CT molecular complexity index is 740. The summed E-state index contributed by atoms with van der Waals surface area (Å²) < 4.78 is 26.8. The average Bonchev–Trinajstić information content (AvgIpc) is 3.00. The van der Waals surface area contributed by atoms with Crippen molar-refractivity contribution < 1.29 is 8.42 Å². The van der Waals surface area contributed by atoms with Crippen LogP contribution in [0.3, 0.4) is 0 Å². The maximum Gasteiger partial charge on any atom is 0.243 e. The lowest BCUT2D eigenvalue weighted by Gasteiger charge is -2.16. The molecule has 0 aliphatic rings. The molecule has 2 heterocycles. The highest BCUT2D eigenvalue weighted by atomic mass is 32.2. The molecule has 0 atom stereocenters. The van der Waals surface area contributed by atoms with Gasteiger partial charge < -0.3 is 0 Å². The summed E-state index contributed by atoms with van der Waals surface area (Å²) in [4.78, 5) is 7.87. The number of aryl methyl sites for hydroxylation is 3. The van der Waals surface area contributed by atoms with Crippen LogP contribution < -0.4 is 0 Å². The minimum absolute atomic E-state index is 0.414. The molecule has 7 heteroatoms. The number of nitrogens with zero attached hydrogens (tertiary/aromatic N) is 2. The van der Waals surface area contributed by atoms with Crippen LogP contribution in [0, 0.1) is 20.8 Å². The third-order valence-electron chi connectivity index (χ3n) is 3.63. The molecule has 122 valence electrons. The zero-order chi connectivity index (χ0) is 16.5. The van der Waals surface area contributed by atoms with Crippen LogP contribution >= 0.6 is 22.7 Å². The maximum absolute atomic E-state index is 12.7. The van der Waals surface area contributed by atoms with Crippen LogP contribution in [0.5, 0.6) is 0 Å². The van der Waals surface area contributed by atoms with E-state index in [1.165, 1.54) is 20.5 Å². The van der Waals surface area contributed by atoms with Crippen LogP contribution in [0.4, 0.5) is 0 Å². The van der Waals surface area contributed by atoms with E-state index in [0.717, 1.165) is 33.3 Å². The molecule has 0 N–H and O–H groups in total. The second-order valence-corrected chi connectivity index (χ2v) is 9.84. The highest BCUT2D eigenvalue weighted by Crippen LogP contribution is 2.37. The van der Waals surface area contributed by atoms with Gasteiger partial charge in [0.05, 0.1) is 15.5 Å². The predicted octanol–water partition coefficient (Wildman–Crippen LogP) is 4.22. The van der Waals surface area contributed by atoms with E-state index in [9.17, 15) is 8.42 Å². The molecule has 4 nitrogen and oxygen atoms in total. The molecule has 22 heavy (non-hydrogen) atoms. The molecular weight excluding hydrogens is 336 g/mol. The van der Waals surface area contributed by atoms with Gasteiger partial charge in [-0.2, -0.15) is 0 Å². The largest absolute Gasteiger partial charge is 0.243 e. The van der Waals surface area contributed by atoms with E-state index in [4.69, 9.17) is 0 Å². The molecule has 0 unspecified atom stereocenters. The van der Waals surface area contributed by atoms with E-state index in [1.807, 2.05) is 20.8 Å². The molecule has 0 aliphatic carbocycles. The van der Waals surface area contributed by atoms with Crippen molar-refractivity contribution in [1.29, 1.82) is 0 Å². The number of thiazole rings is 1. The van der Waals surface area contributed by atoms with Crippen LogP contribution in [0.15, 0.2) is 11.0 Å². The molecule has 0 bridgehead atoms. The molecule has 0 radical (unpaired) electrons. The lowest BCUT2D eigenvalue weighted by molar-refractivity contribution is 0.459. The Hall–Kier alpha value is -0.760. The quantitative estimate of drug-likeness (QED) is 0.777. The van der Waals surface area contributed by atoms with Gasteiger partial charge >= 0.3 is 0 Å². The molecule has 0 aromatic carbocycles. The van der Waals surface area contributed by atoms with Gasteiger partial charge in [0.25, 0.3) is 0 Å². The van der Waals surface area contributed by atoms with E-state index in [2.05, 4.69) is 11.9 Å². The summed E-state index contributed by atoms with van der Waals surface area (Å²) in [5, 5.41) is 0.903. The molecule has 0 aliphatic heterocycles. The first-order valence-electron chi connectivity index (χ1n) is 7.28. The van der Waals surface area contributed by atoms with Gasteiger partial charge in [-0.15, -0.1) is 22.7 Å². The first-order valence-corrected chi connectivity index (χ1v) is 10.4. The van der Waals surface area contributed by atoms with Gasteiger partial charge in [0.15, 0.2) is 0 Å². The third-order valence-corrected chi connectivity index (χ3v) is 8.03. The fourth-order valence-corrected chi connectivity index (χ4v) is 5.80. The zero-order valence-corrected chi connectivity index (χ0v) is 16.1. The molecule has 2 rings (SSSR count). The Morgan fingerprint density at radius 1 is 1.18 bits per heavy atom. The Balaban J connectivity index is 2.37. The molecular formula is C15H22N2O2S3. The van der Waals surface area contributed by atoms with Crippen LogP contribution in [0.25, 0.3) is 9.88 Å². The van der Waals surface area contributed by atoms with E-state index in [1.54, 1.807) is 24.5 Å². The van der Waals surface area contributed by atoms with Crippen LogP contribution in [0.1, 0.15) is 35.2 Å². The SMILES string of the molecule is CCCCN(C)S(=O)(=O)c1cc(-c2nc(C)c(C)s2)sc1C. The normalized spacial score (nSPS) is 12.3. The minimum Gasteiger partial charge on any atom is -0.240 e. The highest BCUT2D eigenvalue weighted by Gasteiger charge is 2.25. The number of hydrogen-bond donors (Lipinski definition) is 0. The highest BCUT2D eigenvalue weighted by molar-refractivity contribution is 7.89. The summed E-state index contributed by atoms with van der Waals surface area (Å²) >= 11 is 3.11. The van der Waals surface area contributed by atoms with Crippen molar-refractivity contribution in [3.05, 3.63) is 21.5 Å². The van der Waals surface area contributed by atoms with Crippen molar-refractivity contribution in [2.45, 2.75) is 45.4 Å². The molecule has 0 fully saturated rings. The van der Waals surface area contributed by atoms with Crippen LogP contribution in [-0.4, -0.2) is 31.3 Å². The minimum atomic E-state index is -3.41. The molecule has 0 amide bonds. The number of thiophene rings is 1. The van der Waals surface area contributed by atoms with Gasteiger partial charge in [0, 0.05) is 23.3 Å². The predicted molar refractivity (Wildman–Crippen MR) is 94.4 cm³/mol.